The third kappa shape index (κ3) is 4.47. The van der Waals surface area contributed by atoms with Crippen LogP contribution in [0.4, 0.5) is 8.78 Å². The highest BCUT2D eigenvalue weighted by Gasteiger charge is 2.29. The minimum absolute atomic E-state index is 0.0749. The first-order valence-electron chi connectivity index (χ1n) is 11.3. The van der Waals surface area contributed by atoms with Crippen LogP contribution in [0.2, 0.25) is 0 Å². The average Bonchev–Trinajstić information content (AvgIpc) is 2.85. The minimum Gasteiger partial charge on any atom is -0.507 e. The number of benzene rings is 4. The Labute approximate surface area is 206 Å². The zero-order valence-electron chi connectivity index (χ0n) is 19.5. The maximum Gasteiger partial charge on any atom is 0.147 e. The van der Waals surface area contributed by atoms with Gasteiger partial charge in [0.15, 0.2) is 0 Å². The summed E-state index contributed by atoms with van der Waals surface area (Å²) in [7, 11) is 0. The summed E-state index contributed by atoms with van der Waals surface area (Å²) in [6.07, 6.45) is 0. The van der Waals surface area contributed by atoms with Gasteiger partial charge in [-0.25, -0.2) is 8.78 Å². The zero-order valence-corrected chi connectivity index (χ0v) is 19.5. The summed E-state index contributed by atoms with van der Waals surface area (Å²) in [5.41, 5.74) is 1.40. The molecule has 0 radical (unpaired) electrons. The monoisotopic (exact) mass is 490 g/mol. The number of rotatable bonds is 6. The number of Topliss-reactive ketones (excluding diaryl/α,β-unsaturated/α-hetero) is 1. The van der Waals surface area contributed by atoms with Crippen molar-refractivity contribution in [1.29, 1.82) is 0 Å². The highest BCUT2D eigenvalue weighted by atomic mass is 19.1. The van der Waals surface area contributed by atoms with Crippen LogP contribution < -0.4 is 0 Å². The molecule has 0 fully saturated rings. The van der Waals surface area contributed by atoms with E-state index in [2.05, 4.69) is 0 Å². The molecular formula is C29H24F2O5. The molecule has 0 aliphatic heterocycles. The Morgan fingerprint density at radius 2 is 0.917 bits per heavy atom. The highest BCUT2D eigenvalue weighted by molar-refractivity contribution is 5.94. The standard InChI is InChI=1S/C29H24F2O5/c1-15(21-11-13-23(32)25(28(21)35)17-3-7-19(30)8-4-17)27(34)16(2)22-12-14-24(33)26(29(22)36)18-5-9-20(31)10-6-18/h3-16,32-33,35-36H,1-2H3. The number of aromatic hydroxyl groups is 4. The van der Waals surface area contributed by atoms with Crippen molar-refractivity contribution >= 4 is 5.78 Å². The lowest BCUT2D eigenvalue weighted by Gasteiger charge is -2.21. The normalized spacial score (nSPS) is 12.8. The maximum atomic E-state index is 13.5. The van der Waals surface area contributed by atoms with E-state index in [1.165, 1.54) is 72.8 Å². The number of hydrogen-bond donors (Lipinski definition) is 4. The molecule has 2 unspecified atom stereocenters. The summed E-state index contributed by atoms with van der Waals surface area (Å²) in [6.45, 7) is 3.19. The highest BCUT2D eigenvalue weighted by Crippen LogP contribution is 2.45. The lowest BCUT2D eigenvalue weighted by atomic mass is 9.83. The second-order valence-corrected chi connectivity index (χ2v) is 8.65. The third-order valence-corrected chi connectivity index (χ3v) is 6.43. The molecule has 0 spiro atoms. The van der Waals surface area contributed by atoms with E-state index in [9.17, 15) is 34.0 Å². The fourth-order valence-electron chi connectivity index (χ4n) is 4.38. The lowest BCUT2D eigenvalue weighted by Crippen LogP contribution is -2.17. The van der Waals surface area contributed by atoms with Crippen LogP contribution in [0.25, 0.3) is 22.3 Å². The minimum atomic E-state index is -0.845. The molecule has 36 heavy (non-hydrogen) atoms. The number of phenolic OH excluding ortho intramolecular Hbond substituents is 4. The molecule has 0 aromatic heterocycles. The number of ketones is 1. The first-order valence-corrected chi connectivity index (χ1v) is 11.3. The van der Waals surface area contributed by atoms with Gasteiger partial charge in [-0.15, -0.1) is 0 Å². The van der Waals surface area contributed by atoms with Crippen LogP contribution in [0.5, 0.6) is 23.0 Å². The SMILES string of the molecule is CC(C(=O)C(C)c1ccc(O)c(-c2ccc(F)cc2)c1O)c1ccc(O)c(-c2ccc(F)cc2)c1O. The van der Waals surface area contributed by atoms with Gasteiger partial charge < -0.3 is 20.4 Å². The maximum absolute atomic E-state index is 13.5. The Bertz CT molecular complexity index is 1320. The fourth-order valence-corrected chi connectivity index (χ4v) is 4.38. The van der Waals surface area contributed by atoms with Crippen molar-refractivity contribution in [2.24, 2.45) is 0 Å². The molecule has 7 heteroatoms. The van der Waals surface area contributed by atoms with Gasteiger partial charge in [0, 0.05) is 23.0 Å². The van der Waals surface area contributed by atoms with Crippen LogP contribution in [-0.4, -0.2) is 26.2 Å². The molecule has 0 aliphatic carbocycles. The van der Waals surface area contributed by atoms with Crippen molar-refractivity contribution in [3.63, 3.8) is 0 Å². The van der Waals surface area contributed by atoms with Gasteiger partial charge in [-0.1, -0.05) is 50.2 Å². The van der Waals surface area contributed by atoms with E-state index in [-0.39, 0.29) is 51.0 Å². The second-order valence-electron chi connectivity index (χ2n) is 8.65. The van der Waals surface area contributed by atoms with Gasteiger partial charge in [-0.05, 0) is 47.5 Å². The molecule has 4 aromatic carbocycles. The first-order chi connectivity index (χ1) is 17.1. The molecular weight excluding hydrogens is 466 g/mol. The molecule has 5 nitrogen and oxygen atoms in total. The molecule has 0 heterocycles. The van der Waals surface area contributed by atoms with Crippen molar-refractivity contribution in [2.45, 2.75) is 25.7 Å². The molecule has 2 atom stereocenters. The molecule has 0 bridgehead atoms. The number of carbonyl (C=O) groups excluding carboxylic acids is 1. The number of hydrogen-bond acceptors (Lipinski definition) is 5. The summed E-state index contributed by atoms with van der Waals surface area (Å²) >= 11 is 0. The molecule has 0 aliphatic rings. The van der Waals surface area contributed by atoms with Gasteiger partial charge in [-0.2, -0.15) is 0 Å². The Morgan fingerprint density at radius 3 is 1.25 bits per heavy atom. The zero-order chi connectivity index (χ0) is 26.1. The van der Waals surface area contributed by atoms with Crippen LogP contribution >= 0.6 is 0 Å². The Balaban J connectivity index is 1.70. The van der Waals surface area contributed by atoms with E-state index in [1.807, 2.05) is 0 Å². The largest absolute Gasteiger partial charge is 0.507 e. The second kappa shape index (κ2) is 9.70. The molecule has 4 aromatic rings. The smallest absolute Gasteiger partial charge is 0.147 e. The molecule has 0 saturated carbocycles. The summed E-state index contributed by atoms with van der Waals surface area (Å²) < 4.78 is 26.7. The Hall–Kier alpha value is -4.39. The molecule has 4 N–H and O–H groups in total. The summed E-state index contributed by atoms with van der Waals surface area (Å²) in [5, 5.41) is 42.6. The average molecular weight is 491 g/mol. The summed E-state index contributed by atoms with van der Waals surface area (Å²) in [4.78, 5) is 13.5. The van der Waals surface area contributed by atoms with Crippen molar-refractivity contribution < 1.29 is 34.0 Å². The van der Waals surface area contributed by atoms with Crippen molar-refractivity contribution in [3.05, 3.63) is 95.6 Å². The van der Waals surface area contributed by atoms with Gasteiger partial charge in [0.2, 0.25) is 0 Å². The van der Waals surface area contributed by atoms with E-state index < -0.39 is 23.5 Å². The fraction of sp³-hybridized carbons (Fsp3) is 0.138. The predicted octanol–water partition coefficient (Wildman–Crippen LogP) is 6.60. The first kappa shape index (κ1) is 24.7. The molecule has 0 saturated heterocycles. The molecule has 0 amide bonds. The van der Waals surface area contributed by atoms with E-state index >= 15 is 0 Å². The van der Waals surface area contributed by atoms with Crippen LogP contribution in [0.1, 0.15) is 36.8 Å². The van der Waals surface area contributed by atoms with Crippen LogP contribution in [0.15, 0.2) is 72.8 Å². The number of phenols is 4. The van der Waals surface area contributed by atoms with E-state index in [0.29, 0.717) is 11.1 Å². The Morgan fingerprint density at radius 1 is 0.583 bits per heavy atom. The van der Waals surface area contributed by atoms with Gasteiger partial charge in [0.05, 0.1) is 11.1 Å². The quantitative estimate of drug-likeness (QED) is 0.244. The van der Waals surface area contributed by atoms with Crippen LogP contribution in [0.3, 0.4) is 0 Å². The van der Waals surface area contributed by atoms with Crippen molar-refractivity contribution in [1.82, 2.24) is 0 Å². The van der Waals surface area contributed by atoms with E-state index in [0.717, 1.165) is 0 Å². The third-order valence-electron chi connectivity index (χ3n) is 6.43. The molecule has 184 valence electrons. The molecule has 4 rings (SSSR count). The Kier molecular flexibility index (Phi) is 6.66. The summed E-state index contributed by atoms with van der Waals surface area (Å²) in [5.74, 6) is -4.05. The van der Waals surface area contributed by atoms with E-state index in [1.54, 1.807) is 13.8 Å². The van der Waals surface area contributed by atoms with Gasteiger partial charge >= 0.3 is 0 Å². The predicted molar refractivity (Wildman–Crippen MR) is 132 cm³/mol. The van der Waals surface area contributed by atoms with Crippen LogP contribution in [0, 0.1) is 11.6 Å². The number of halogens is 2. The van der Waals surface area contributed by atoms with Crippen LogP contribution in [-0.2, 0) is 4.79 Å². The van der Waals surface area contributed by atoms with Crippen molar-refractivity contribution in [3.8, 4) is 45.3 Å². The number of carbonyl (C=O) groups is 1. The lowest BCUT2D eigenvalue weighted by molar-refractivity contribution is -0.121. The van der Waals surface area contributed by atoms with E-state index in [4.69, 9.17) is 0 Å². The van der Waals surface area contributed by atoms with Gasteiger partial charge in [-0.3, -0.25) is 4.79 Å². The van der Waals surface area contributed by atoms with Gasteiger partial charge in [0.1, 0.15) is 40.4 Å². The van der Waals surface area contributed by atoms with Gasteiger partial charge in [0.25, 0.3) is 0 Å². The topological polar surface area (TPSA) is 98.0 Å². The summed E-state index contributed by atoms with van der Waals surface area (Å²) in [6, 6.07) is 16.0. The van der Waals surface area contributed by atoms with Crippen molar-refractivity contribution in [2.75, 3.05) is 0 Å².